The lowest BCUT2D eigenvalue weighted by Crippen LogP contribution is -2.56. The van der Waals surface area contributed by atoms with Crippen LogP contribution < -0.4 is 4.90 Å². The molecule has 0 saturated carbocycles. The van der Waals surface area contributed by atoms with E-state index in [-0.39, 0.29) is 18.2 Å². The maximum absolute atomic E-state index is 12.6. The maximum atomic E-state index is 12.6. The van der Waals surface area contributed by atoms with E-state index in [2.05, 4.69) is 30.9 Å². The van der Waals surface area contributed by atoms with Crippen molar-refractivity contribution in [3.8, 4) is 0 Å². The summed E-state index contributed by atoms with van der Waals surface area (Å²) >= 11 is 3.42. The molecule has 2 saturated heterocycles. The van der Waals surface area contributed by atoms with E-state index in [0.29, 0.717) is 0 Å². The number of anilines is 1. The van der Waals surface area contributed by atoms with E-state index in [1.54, 1.807) is 10.7 Å². The number of rotatable bonds is 1. The van der Waals surface area contributed by atoms with Crippen LogP contribution >= 0.6 is 15.9 Å². The van der Waals surface area contributed by atoms with Crippen molar-refractivity contribution in [1.82, 2.24) is 19.5 Å². The van der Waals surface area contributed by atoms with Gasteiger partial charge < -0.3 is 9.64 Å². The highest BCUT2D eigenvalue weighted by atomic mass is 79.9. The molecule has 0 aliphatic carbocycles. The van der Waals surface area contributed by atoms with Crippen LogP contribution in [0.1, 0.15) is 33.6 Å². The summed E-state index contributed by atoms with van der Waals surface area (Å²) in [6.07, 6.45) is 5.48. The fourth-order valence-corrected chi connectivity index (χ4v) is 4.18. The lowest BCUT2D eigenvalue weighted by Gasteiger charge is -2.42. The lowest BCUT2D eigenvalue weighted by molar-refractivity contribution is 0.0123. The van der Waals surface area contributed by atoms with Gasteiger partial charge in [-0.05, 0) is 55.6 Å². The van der Waals surface area contributed by atoms with Crippen LogP contribution in [0, 0.1) is 0 Å². The van der Waals surface area contributed by atoms with Gasteiger partial charge >= 0.3 is 6.09 Å². The Morgan fingerprint density at radius 2 is 1.96 bits per heavy atom. The molecule has 1 amide bonds. The van der Waals surface area contributed by atoms with Gasteiger partial charge in [0.05, 0.1) is 30.2 Å². The molecule has 2 aliphatic heterocycles. The van der Waals surface area contributed by atoms with E-state index >= 15 is 0 Å². The predicted molar refractivity (Wildman–Crippen MR) is 97.8 cm³/mol. The van der Waals surface area contributed by atoms with Crippen LogP contribution in [0.2, 0.25) is 0 Å². The highest BCUT2D eigenvalue weighted by molar-refractivity contribution is 9.10. The van der Waals surface area contributed by atoms with E-state index in [4.69, 9.17) is 4.74 Å². The predicted octanol–water partition coefficient (Wildman–Crippen LogP) is 3.08. The number of amides is 1. The average molecular weight is 408 g/mol. The summed E-state index contributed by atoms with van der Waals surface area (Å²) in [6, 6.07) is 2.36. The van der Waals surface area contributed by atoms with Crippen molar-refractivity contribution >= 4 is 33.4 Å². The highest BCUT2D eigenvalue weighted by Crippen LogP contribution is 2.35. The number of hydrogen-bond donors (Lipinski definition) is 0. The van der Waals surface area contributed by atoms with Gasteiger partial charge in [-0.2, -0.15) is 5.10 Å². The summed E-state index contributed by atoms with van der Waals surface area (Å²) in [5.74, 6) is 0. The number of halogens is 1. The Morgan fingerprint density at radius 1 is 1.28 bits per heavy atom. The first-order valence-electron chi connectivity index (χ1n) is 8.58. The molecular formula is C17H22BrN5O2. The largest absolute Gasteiger partial charge is 0.444 e. The first kappa shape index (κ1) is 16.6. The van der Waals surface area contributed by atoms with Crippen molar-refractivity contribution in [3.05, 3.63) is 23.1 Å². The van der Waals surface area contributed by atoms with Crippen molar-refractivity contribution in [2.75, 3.05) is 18.0 Å². The Labute approximate surface area is 155 Å². The summed E-state index contributed by atoms with van der Waals surface area (Å²) in [6.45, 7) is 7.31. The smallest absolute Gasteiger partial charge is 0.410 e. The monoisotopic (exact) mass is 407 g/mol. The van der Waals surface area contributed by atoms with E-state index in [9.17, 15) is 4.79 Å². The summed E-state index contributed by atoms with van der Waals surface area (Å²) in [5, 5.41) is 4.31. The third kappa shape index (κ3) is 3.07. The molecule has 25 heavy (non-hydrogen) atoms. The van der Waals surface area contributed by atoms with Crippen molar-refractivity contribution in [3.63, 3.8) is 0 Å². The zero-order valence-corrected chi connectivity index (χ0v) is 16.2. The second kappa shape index (κ2) is 5.86. The molecule has 4 rings (SSSR count). The fraction of sp³-hybridized carbons (Fsp3) is 0.588. The molecule has 0 spiro atoms. The SMILES string of the molecule is CC(C)(C)OC(=O)N1C2CCC1CN(c1ccnn3cc(Br)nc13)C2. The molecular weight excluding hydrogens is 386 g/mol. The third-order valence-corrected chi connectivity index (χ3v) is 5.12. The van der Waals surface area contributed by atoms with Crippen LogP contribution in [0.5, 0.6) is 0 Å². The normalized spacial score (nSPS) is 23.4. The number of imidazole rings is 1. The number of carbonyl (C=O) groups excluding carboxylic acids is 1. The number of fused-ring (bicyclic) bond motifs is 3. The van der Waals surface area contributed by atoms with Gasteiger partial charge in [-0.25, -0.2) is 14.3 Å². The second-order valence-electron chi connectivity index (χ2n) is 7.73. The molecule has 134 valence electrons. The molecule has 0 aromatic carbocycles. The Bertz CT molecular complexity index is 801. The molecule has 2 bridgehead atoms. The van der Waals surface area contributed by atoms with Crippen LogP contribution in [-0.4, -0.2) is 56.4 Å². The summed E-state index contributed by atoms with van der Waals surface area (Å²) in [5.41, 5.74) is 1.42. The molecule has 2 fully saturated rings. The molecule has 2 aliphatic rings. The Morgan fingerprint density at radius 3 is 2.60 bits per heavy atom. The zero-order chi connectivity index (χ0) is 17.8. The first-order valence-corrected chi connectivity index (χ1v) is 9.37. The number of ether oxygens (including phenoxy) is 1. The van der Waals surface area contributed by atoms with Crippen LogP contribution in [0.25, 0.3) is 5.65 Å². The summed E-state index contributed by atoms with van der Waals surface area (Å²) in [4.78, 5) is 21.4. The zero-order valence-electron chi connectivity index (χ0n) is 14.6. The van der Waals surface area contributed by atoms with Gasteiger partial charge in [0, 0.05) is 13.1 Å². The second-order valence-corrected chi connectivity index (χ2v) is 8.54. The molecule has 4 heterocycles. The van der Waals surface area contributed by atoms with Crippen LogP contribution in [-0.2, 0) is 4.74 Å². The molecule has 7 nitrogen and oxygen atoms in total. The standard InChI is InChI=1S/C17H22BrN5O2/c1-17(2,3)25-16(24)23-11-4-5-12(23)9-21(8-11)13-6-7-19-22-10-14(18)20-15(13)22/h6-7,10-12H,4-5,8-9H2,1-3H3. The van der Waals surface area contributed by atoms with Crippen LogP contribution in [0.4, 0.5) is 10.5 Å². The Kier molecular flexibility index (Phi) is 3.90. The van der Waals surface area contributed by atoms with Crippen LogP contribution in [0.3, 0.4) is 0 Å². The van der Waals surface area contributed by atoms with E-state index in [1.807, 2.05) is 37.9 Å². The van der Waals surface area contributed by atoms with Gasteiger partial charge in [0.25, 0.3) is 0 Å². The number of carbonyl (C=O) groups is 1. The lowest BCUT2D eigenvalue weighted by atomic mass is 10.1. The van der Waals surface area contributed by atoms with Gasteiger partial charge in [-0.3, -0.25) is 4.90 Å². The molecule has 0 N–H and O–H groups in total. The fourth-order valence-electron chi connectivity index (χ4n) is 3.82. The minimum Gasteiger partial charge on any atom is -0.444 e. The quantitative estimate of drug-likeness (QED) is 0.726. The molecule has 0 radical (unpaired) electrons. The van der Waals surface area contributed by atoms with E-state index in [0.717, 1.165) is 41.9 Å². The number of hydrogen-bond acceptors (Lipinski definition) is 5. The molecule has 2 atom stereocenters. The molecule has 8 heteroatoms. The molecule has 2 aromatic rings. The Hall–Kier alpha value is -1.83. The third-order valence-electron chi connectivity index (χ3n) is 4.74. The summed E-state index contributed by atoms with van der Waals surface area (Å²) in [7, 11) is 0. The topological polar surface area (TPSA) is 63.0 Å². The van der Waals surface area contributed by atoms with Crippen molar-refractivity contribution in [1.29, 1.82) is 0 Å². The highest BCUT2D eigenvalue weighted by Gasteiger charge is 2.44. The Balaban J connectivity index is 1.58. The van der Waals surface area contributed by atoms with Crippen molar-refractivity contribution < 1.29 is 9.53 Å². The van der Waals surface area contributed by atoms with Gasteiger partial charge in [0.15, 0.2) is 5.65 Å². The van der Waals surface area contributed by atoms with E-state index in [1.165, 1.54) is 0 Å². The minimum absolute atomic E-state index is 0.181. The molecule has 2 unspecified atom stereocenters. The van der Waals surface area contributed by atoms with Crippen LogP contribution in [0.15, 0.2) is 23.1 Å². The molecule has 2 aromatic heterocycles. The van der Waals surface area contributed by atoms with Gasteiger partial charge in [0.2, 0.25) is 0 Å². The van der Waals surface area contributed by atoms with Crippen molar-refractivity contribution in [2.45, 2.75) is 51.3 Å². The minimum atomic E-state index is -0.465. The average Bonchev–Trinajstić information content (AvgIpc) is 3.01. The maximum Gasteiger partial charge on any atom is 0.410 e. The van der Waals surface area contributed by atoms with Gasteiger partial charge in [-0.1, -0.05) is 0 Å². The van der Waals surface area contributed by atoms with Gasteiger partial charge in [0.1, 0.15) is 10.2 Å². The number of piperazine rings is 1. The first-order chi connectivity index (χ1) is 11.8. The summed E-state index contributed by atoms with van der Waals surface area (Å²) < 4.78 is 8.15. The van der Waals surface area contributed by atoms with Gasteiger partial charge in [-0.15, -0.1) is 0 Å². The number of nitrogens with zero attached hydrogens (tertiary/aromatic N) is 5. The van der Waals surface area contributed by atoms with Crippen molar-refractivity contribution in [2.24, 2.45) is 0 Å². The van der Waals surface area contributed by atoms with E-state index < -0.39 is 5.60 Å². The number of aromatic nitrogens is 3.